The van der Waals surface area contributed by atoms with E-state index in [4.69, 9.17) is 4.42 Å². The van der Waals surface area contributed by atoms with Crippen molar-refractivity contribution in [2.45, 2.75) is 0 Å². The Morgan fingerprint density at radius 3 is 2.86 bits per heavy atom. The molecule has 0 aliphatic carbocycles. The van der Waals surface area contributed by atoms with Gasteiger partial charge in [0.1, 0.15) is 6.26 Å². The van der Waals surface area contributed by atoms with E-state index in [0.717, 1.165) is 0 Å². The van der Waals surface area contributed by atoms with Crippen molar-refractivity contribution in [3.63, 3.8) is 0 Å². The first kappa shape index (κ1) is 8.43. The van der Waals surface area contributed by atoms with Crippen LogP contribution in [0.1, 0.15) is 10.4 Å². The quantitative estimate of drug-likeness (QED) is 0.414. The number of rotatable bonds is 2. The Balaban J connectivity index is 2.82. The second-order valence-corrected chi connectivity index (χ2v) is 2.72. The Morgan fingerprint density at radius 2 is 2.21 bits per heavy atom. The lowest BCUT2D eigenvalue weighted by molar-refractivity contribution is -0.383. The molecule has 0 unspecified atom stereocenters. The van der Waals surface area contributed by atoms with E-state index in [1.54, 1.807) is 6.07 Å². The molecule has 5 nitrogen and oxygen atoms in total. The third kappa shape index (κ3) is 1.06. The number of fused-ring (bicyclic) bond motifs is 1. The minimum Gasteiger partial charge on any atom is -0.456 e. The van der Waals surface area contributed by atoms with E-state index in [0.29, 0.717) is 17.2 Å². The Labute approximate surface area is 78.1 Å². The molecule has 70 valence electrons. The van der Waals surface area contributed by atoms with E-state index in [9.17, 15) is 14.9 Å². The third-order valence-corrected chi connectivity index (χ3v) is 1.93. The molecule has 1 heterocycles. The fraction of sp³-hybridized carbons (Fsp3) is 0. The summed E-state index contributed by atoms with van der Waals surface area (Å²) in [5.41, 5.74) is 0.332. The Kier molecular flexibility index (Phi) is 1.78. The predicted molar refractivity (Wildman–Crippen MR) is 48.3 cm³/mol. The first-order chi connectivity index (χ1) is 6.74. The summed E-state index contributed by atoms with van der Waals surface area (Å²) < 4.78 is 4.96. The molecule has 0 N–H and O–H groups in total. The molecule has 0 amide bonds. The highest BCUT2D eigenvalue weighted by molar-refractivity contribution is 5.99. The van der Waals surface area contributed by atoms with Crippen LogP contribution >= 0.6 is 0 Å². The van der Waals surface area contributed by atoms with Crippen molar-refractivity contribution in [1.82, 2.24) is 0 Å². The Hall–Kier alpha value is -2.17. The number of hydrogen-bond donors (Lipinski definition) is 0. The van der Waals surface area contributed by atoms with Crippen LogP contribution in [-0.4, -0.2) is 11.2 Å². The summed E-state index contributed by atoms with van der Waals surface area (Å²) in [4.78, 5) is 20.6. The number of nitrogens with zero attached hydrogens (tertiary/aromatic N) is 1. The molecular formula is C9H5NO4. The fourth-order valence-electron chi connectivity index (χ4n) is 1.30. The monoisotopic (exact) mass is 191 g/mol. The van der Waals surface area contributed by atoms with E-state index in [2.05, 4.69) is 0 Å². The van der Waals surface area contributed by atoms with Gasteiger partial charge in [-0.1, -0.05) is 6.07 Å². The Bertz CT molecular complexity index is 515. The van der Waals surface area contributed by atoms with Gasteiger partial charge in [-0.2, -0.15) is 0 Å². The summed E-state index contributed by atoms with van der Waals surface area (Å²) in [5, 5.41) is 11.0. The molecule has 14 heavy (non-hydrogen) atoms. The van der Waals surface area contributed by atoms with Crippen molar-refractivity contribution in [3.05, 3.63) is 40.1 Å². The molecule has 0 aliphatic heterocycles. The summed E-state index contributed by atoms with van der Waals surface area (Å²) in [6.07, 6.45) is 1.82. The molecule has 0 spiro atoms. The number of carbonyl (C=O) groups is 1. The lowest BCUT2D eigenvalue weighted by atomic mass is 10.2. The van der Waals surface area contributed by atoms with Crippen LogP contribution in [0.25, 0.3) is 11.0 Å². The molecular weight excluding hydrogens is 186 g/mol. The maximum Gasteiger partial charge on any atom is 0.312 e. The summed E-state index contributed by atoms with van der Waals surface area (Å²) in [7, 11) is 0. The standard InChI is InChI=1S/C9H5NO4/c11-4-6-5-14-9-7(6)2-1-3-8(9)10(12)13/h1-5H. The SMILES string of the molecule is O=Cc1coc2c([N+](=O)[O-])cccc12. The minimum absolute atomic E-state index is 0.129. The van der Waals surface area contributed by atoms with Gasteiger partial charge in [0.15, 0.2) is 6.29 Å². The predicted octanol–water partition coefficient (Wildman–Crippen LogP) is 2.15. The van der Waals surface area contributed by atoms with Gasteiger partial charge in [-0.15, -0.1) is 0 Å². The molecule has 0 fully saturated rings. The Morgan fingerprint density at radius 1 is 1.43 bits per heavy atom. The first-order valence-electron chi connectivity index (χ1n) is 3.84. The minimum atomic E-state index is -0.541. The topological polar surface area (TPSA) is 73.3 Å². The molecule has 2 rings (SSSR count). The van der Waals surface area contributed by atoms with Crippen molar-refractivity contribution in [2.24, 2.45) is 0 Å². The van der Waals surface area contributed by atoms with E-state index < -0.39 is 4.92 Å². The molecule has 2 aromatic rings. The number of aldehydes is 1. The summed E-state index contributed by atoms with van der Waals surface area (Å²) in [6, 6.07) is 4.46. The van der Waals surface area contributed by atoms with Crippen LogP contribution in [0.5, 0.6) is 0 Å². The lowest BCUT2D eigenvalue weighted by Crippen LogP contribution is -1.87. The number of para-hydroxylation sites is 1. The number of hydrogen-bond acceptors (Lipinski definition) is 4. The van der Waals surface area contributed by atoms with Gasteiger partial charge in [0.2, 0.25) is 5.58 Å². The molecule has 0 saturated heterocycles. The average molecular weight is 191 g/mol. The number of carbonyl (C=O) groups excluding carboxylic acids is 1. The number of benzene rings is 1. The maximum atomic E-state index is 10.6. The number of non-ortho nitro benzene ring substituents is 1. The smallest absolute Gasteiger partial charge is 0.312 e. The molecule has 5 heteroatoms. The van der Waals surface area contributed by atoms with Crippen LogP contribution in [0.2, 0.25) is 0 Å². The molecule has 0 aliphatic rings. The van der Waals surface area contributed by atoms with Crippen LogP contribution in [0, 0.1) is 10.1 Å². The normalized spacial score (nSPS) is 10.3. The number of furan rings is 1. The molecule has 0 atom stereocenters. The molecule has 0 saturated carbocycles. The average Bonchev–Trinajstić information content (AvgIpc) is 2.59. The zero-order valence-electron chi connectivity index (χ0n) is 6.97. The molecule has 0 bridgehead atoms. The van der Waals surface area contributed by atoms with Gasteiger partial charge in [-0.05, 0) is 6.07 Å². The van der Waals surface area contributed by atoms with Gasteiger partial charge in [-0.3, -0.25) is 14.9 Å². The second-order valence-electron chi connectivity index (χ2n) is 2.72. The number of nitro benzene ring substituents is 1. The first-order valence-corrected chi connectivity index (χ1v) is 3.84. The molecule has 1 aromatic carbocycles. The molecule has 1 aromatic heterocycles. The zero-order chi connectivity index (χ0) is 10.1. The van der Waals surface area contributed by atoms with Gasteiger partial charge in [0.05, 0.1) is 10.5 Å². The van der Waals surface area contributed by atoms with Crippen LogP contribution in [-0.2, 0) is 0 Å². The van der Waals surface area contributed by atoms with Gasteiger partial charge >= 0.3 is 5.69 Å². The van der Waals surface area contributed by atoms with E-state index in [1.165, 1.54) is 18.4 Å². The lowest BCUT2D eigenvalue weighted by Gasteiger charge is -1.91. The zero-order valence-corrected chi connectivity index (χ0v) is 6.97. The van der Waals surface area contributed by atoms with Crippen LogP contribution in [0.15, 0.2) is 28.9 Å². The van der Waals surface area contributed by atoms with Crippen molar-refractivity contribution in [3.8, 4) is 0 Å². The van der Waals surface area contributed by atoms with Crippen molar-refractivity contribution >= 4 is 22.9 Å². The maximum absolute atomic E-state index is 10.6. The van der Waals surface area contributed by atoms with Gasteiger partial charge in [-0.25, -0.2) is 0 Å². The van der Waals surface area contributed by atoms with Gasteiger partial charge in [0, 0.05) is 11.5 Å². The van der Waals surface area contributed by atoms with Crippen molar-refractivity contribution in [2.75, 3.05) is 0 Å². The van der Waals surface area contributed by atoms with Crippen molar-refractivity contribution in [1.29, 1.82) is 0 Å². The molecule has 0 radical (unpaired) electrons. The van der Waals surface area contributed by atoms with Crippen LogP contribution in [0.4, 0.5) is 5.69 Å². The van der Waals surface area contributed by atoms with Crippen LogP contribution in [0.3, 0.4) is 0 Å². The van der Waals surface area contributed by atoms with Crippen molar-refractivity contribution < 1.29 is 14.1 Å². The largest absolute Gasteiger partial charge is 0.456 e. The van der Waals surface area contributed by atoms with E-state index in [1.807, 2.05) is 0 Å². The highest BCUT2D eigenvalue weighted by Gasteiger charge is 2.16. The second kappa shape index (κ2) is 2.95. The fourth-order valence-corrected chi connectivity index (χ4v) is 1.30. The van der Waals surface area contributed by atoms with Crippen LogP contribution < -0.4 is 0 Å². The van der Waals surface area contributed by atoms with Gasteiger partial charge in [0.25, 0.3) is 0 Å². The summed E-state index contributed by atoms with van der Waals surface area (Å²) in [6.45, 7) is 0. The van der Waals surface area contributed by atoms with E-state index in [-0.39, 0.29) is 11.3 Å². The van der Waals surface area contributed by atoms with Gasteiger partial charge < -0.3 is 4.42 Å². The summed E-state index contributed by atoms with van der Waals surface area (Å²) in [5.74, 6) is 0. The highest BCUT2D eigenvalue weighted by Crippen LogP contribution is 2.28. The number of nitro groups is 1. The highest BCUT2D eigenvalue weighted by atomic mass is 16.6. The van der Waals surface area contributed by atoms with E-state index >= 15 is 0 Å². The summed E-state index contributed by atoms with van der Waals surface area (Å²) >= 11 is 0. The third-order valence-electron chi connectivity index (χ3n) is 1.93.